The molecule has 0 saturated carbocycles. The minimum atomic E-state index is -1.64. The number of hydrogen-bond donors (Lipinski definition) is 4. The Morgan fingerprint density at radius 1 is 0.933 bits per heavy atom. The van der Waals surface area contributed by atoms with Gasteiger partial charge in [0.25, 0.3) is 0 Å². The largest absolute Gasteiger partial charge is 0.445 e. The number of alkyl carbamates (subject to hydrolysis) is 1. The van der Waals surface area contributed by atoms with E-state index in [0.717, 1.165) is 11.1 Å². The molecule has 0 unspecified atom stereocenters. The van der Waals surface area contributed by atoms with Crippen molar-refractivity contribution in [2.45, 2.75) is 43.9 Å². The van der Waals surface area contributed by atoms with Crippen LogP contribution in [-0.2, 0) is 32.2 Å². The summed E-state index contributed by atoms with van der Waals surface area (Å²) in [6.45, 7) is 0.0927. The molecule has 9 heteroatoms. The summed E-state index contributed by atoms with van der Waals surface area (Å²) < 4.78 is 16.3. The number of hydrogen-bond acceptors (Lipinski definition) is 7. The van der Waals surface area contributed by atoms with Gasteiger partial charge in [-0.05, 0) is 11.1 Å². The van der Waals surface area contributed by atoms with Gasteiger partial charge in [-0.25, -0.2) is 4.79 Å². The SMILES string of the molecule is NC(=O)[C@H]1O[C@H](OCc2ccccc2)[C@H](NC(=O)OCc2ccccc2)[C@@H](O)[C@@H]1O. The van der Waals surface area contributed by atoms with E-state index in [0.29, 0.717) is 0 Å². The van der Waals surface area contributed by atoms with Crippen molar-refractivity contribution in [3.63, 3.8) is 0 Å². The molecule has 30 heavy (non-hydrogen) atoms. The molecule has 1 saturated heterocycles. The highest BCUT2D eigenvalue weighted by Crippen LogP contribution is 2.23. The van der Waals surface area contributed by atoms with Gasteiger partial charge in [-0.2, -0.15) is 0 Å². The number of aliphatic hydroxyl groups excluding tert-OH is 2. The lowest BCUT2D eigenvalue weighted by Gasteiger charge is -2.41. The molecule has 9 nitrogen and oxygen atoms in total. The molecule has 0 spiro atoms. The van der Waals surface area contributed by atoms with Crippen molar-refractivity contribution < 1.29 is 34.0 Å². The zero-order valence-corrected chi connectivity index (χ0v) is 16.1. The van der Waals surface area contributed by atoms with Gasteiger partial charge in [-0.3, -0.25) is 4.79 Å². The fourth-order valence-electron chi connectivity index (χ4n) is 3.05. The molecular weight excluding hydrogens is 392 g/mol. The molecule has 2 aromatic carbocycles. The minimum absolute atomic E-state index is 0.0123. The monoisotopic (exact) mass is 416 g/mol. The van der Waals surface area contributed by atoms with E-state index in [1.807, 2.05) is 48.5 Å². The van der Waals surface area contributed by atoms with Crippen LogP contribution in [0.5, 0.6) is 0 Å². The van der Waals surface area contributed by atoms with Gasteiger partial charge >= 0.3 is 6.09 Å². The average molecular weight is 416 g/mol. The maximum atomic E-state index is 12.2. The van der Waals surface area contributed by atoms with Crippen LogP contribution in [0.15, 0.2) is 60.7 Å². The molecule has 2 amide bonds. The molecule has 1 heterocycles. The Hall–Kier alpha value is -2.98. The zero-order valence-electron chi connectivity index (χ0n) is 16.1. The second-order valence-corrected chi connectivity index (χ2v) is 6.84. The van der Waals surface area contributed by atoms with Crippen LogP contribution >= 0.6 is 0 Å². The van der Waals surface area contributed by atoms with Crippen molar-refractivity contribution >= 4 is 12.0 Å². The summed E-state index contributed by atoms with van der Waals surface area (Å²) in [5, 5.41) is 23.1. The van der Waals surface area contributed by atoms with Crippen LogP contribution in [0.2, 0.25) is 0 Å². The van der Waals surface area contributed by atoms with Gasteiger partial charge in [-0.1, -0.05) is 60.7 Å². The quantitative estimate of drug-likeness (QED) is 0.513. The first-order chi connectivity index (χ1) is 14.5. The van der Waals surface area contributed by atoms with Gasteiger partial charge < -0.3 is 35.5 Å². The lowest BCUT2D eigenvalue weighted by Crippen LogP contribution is -2.66. The normalized spacial score (nSPS) is 26.0. The summed E-state index contributed by atoms with van der Waals surface area (Å²) >= 11 is 0. The first-order valence-corrected chi connectivity index (χ1v) is 9.39. The van der Waals surface area contributed by atoms with E-state index < -0.39 is 42.6 Å². The Morgan fingerprint density at radius 2 is 1.50 bits per heavy atom. The van der Waals surface area contributed by atoms with Crippen molar-refractivity contribution in [2.75, 3.05) is 0 Å². The van der Waals surface area contributed by atoms with E-state index in [9.17, 15) is 19.8 Å². The van der Waals surface area contributed by atoms with E-state index in [1.165, 1.54) is 0 Å². The second kappa shape index (κ2) is 10.2. The van der Waals surface area contributed by atoms with Gasteiger partial charge in [0.15, 0.2) is 12.4 Å². The number of nitrogens with two attached hydrogens (primary N) is 1. The average Bonchev–Trinajstić information content (AvgIpc) is 2.76. The molecule has 5 N–H and O–H groups in total. The Bertz CT molecular complexity index is 834. The zero-order chi connectivity index (χ0) is 21.5. The maximum absolute atomic E-state index is 12.2. The highest BCUT2D eigenvalue weighted by atomic mass is 16.7. The van der Waals surface area contributed by atoms with Crippen LogP contribution in [0.1, 0.15) is 11.1 Å². The Kier molecular flexibility index (Phi) is 7.36. The molecule has 3 rings (SSSR count). The van der Waals surface area contributed by atoms with Crippen molar-refractivity contribution in [2.24, 2.45) is 5.73 Å². The lowest BCUT2D eigenvalue weighted by atomic mass is 9.96. The van der Waals surface area contributed by atoms with E-state index >= 15 is 0 Å². The van der Waals surface area contributed by atoms with Crippen molar-refractivity contribution in [1.82, 2.24) is 5.32 Å². The number of ether oxygens (including phenoxy) is 3. The van der Waals surface area contributed by atoms with Crippen LogP contribution in [-0.4, -0.2) is 52.9 Å². The fourth-order valence-corrected chi connectivity index (χ4v) is 3.05. The number of carbonyl (C=O) groups is 2. The Morgan fingerprint density at radius 3 is 2.07 bits per heavy atom. The molecule has 0 aromatic heterocycles. The summed E-state index contributed by atoms with van der Waals surface area (Å²) in [6.07, 6.45) is -6.78. The highest BCUT2D eigenvalue weighted by Gasteiger charge is 2.48. The third kappa shape index (κ3) is 5.55. The topological polar surface area (TPSA) is 140 Å². The minimum Gasteiger partial charge on any atom is -0.445 e. The van der Waals surface area contributed by atoms with Crippen LogP contribution < -0.4 is 11.1 Å². The standard InChI is InChI=1S/C21H24N2O7/c22-19(26)18-17(25)16(24)15(20(30-18)28-11-13-7-3-1-4-8-13)23-21(27)29-12-14-9-5-2-6-10-14/h1-10,15-18,20,24-25H,11-12H2,(H2,22,26)(H,23,27)/t15-,16-,17+,18+,20+/m1/s1. The number of benzene rings is 2. The van der Waals surface area contributed by atoms with Crippen molar-refractivity contribution in [3.8, 4) is 0 Å². The number of carbonyl (C=O) groups excluding carboxylic acids is 2. The molecular formula is C21H24N2O7. The molecule has 2 aromatic rings. The third-order valence-corrected chi connectivity index (χ3v) is 4.64. The maximum Gasteiger partial charge on any atom is 0.407 e. The Balaban J connectivity index is 1.67. The predicted octanol–water partition coefficient (Wildman–Crippen LogP) is 0.430. The summed E-state index contributed by atoms with van der Waals surface area (Å²) in [4.78, 5) is 23.8. The van der Waals surface area contributed by atoms with Crippen LogP contribution in [0.25, 0.3) is 0 Å². The van der Waals surface area contributed by atoms with E-state index in [2.05, 4.69) is 5.32 Å². The predicted molar refractivity (Wildman–Crippen MR) is 105 cm³/mol. The lowest BCUT2D eigenvalue weighted by molar-refractivity contribution is -0.261. The van der Waals surface area contributed by atoms with Gasteiger partial charge in [0, 0.05) is 0 Å². The van der Waals surface area contributed by atoms with Gasteiger partial charge in [0.1, 0.15) is 24.9 Å². The third-order valence-electron chi connectivity index (χ3n) is 4.64. The molecule has 1 aliphatic heterocycles. The summed E-state index contributed by atoms with van der Waals surface area (Å²) in [6, 6.07) is 17.0. The Labute approximate surface area is 173 Å². The molecule has 160 valence electrons. The highest BCUT2D eigenvalue weighted by molar-refractivity contribution is 5.80. The number of amides is 2. The molecule has 0 bridgehead atoms. The fraction of sp³-hybridized carbons (Fsp3) is 0.333. The van der Waals surface area contributed by atoms with E-state index in [-0.39, 0.29) is 13.2 Å². The summed E-state index contributed by atoms with van der Waals surface area (Å²) in [5.41, 5.74) is 6.83. The van der Waals surface area contributed by atoms with E-state index in [4.69, 9.17) is 19.9 Å². The van der Waals surface area contributed by atoms with Gasteiger partial charge in [0.05, 0.1) is 6.61 Å². The summed E-state index contributed by atoms with van der Waals surface area (Å²) in [7, 11) is 0. The van der Waals surface area contributed by atoms with Crippen LogP contribution in [0.3, 0.4) is 0 Å². The van der Waals surface area contributed by atoms with Crippen molar-refractivity contribution in [3.05, 3.63) is 71.8 Å². The number of primary amides is 1. The van der Waals surface area contributed by atoms with Crippen LogP contribution in [0.4, 0.5) is 4.79 Å². The van der Waals surface area contributed by atoms with E-state index in [1.54, 1.807) is 12.1 Å². The van der Waals surface area contributed by atoms with Gasteiger partial charge in [0.2, 0.25) is 5.91 Å². The number of aliphatic hydroxyl groups is 2. The smallest absolute Gasteiger partial charge is 0.407 e. The first-order valence-electron chi connectivity index (χ1n) is 9.39. The molecule has 5 atom stereocenters. The van der Waals surface area contributed by atoms with Crippen molar-refractivity contribution in [1.29, 1.82) is 0 Å². The number of nitrogens with one attached hydrogen (secondary N) is 1. The number of rotatable bonds is 7. The molecule has 0 radical (unpaired) electrons. The first kappa shape index (κ1) is 21.7. The second-order valence-electron chi connectivity index (χ2n) is 6.84. The summed E-state index contributed by atoms with van der Waals surface area (Å²) in [5.74, 6) is -0.958. The molecule has 1 aliphatic rings. The van der Waals surface area contributed by atoms with Gasteiger partial charge in [-0.15, -0.1) is 0 Å². The molecule has 0 aliphatic carbocycles. The molecule has 1 fully saturated rings. The van der Waals surface area contributed by atoms with Crippen LogP contribution in [0, 0.1) is 0 Å².